The maximum absolute atomic E-state index is 4.13. The Hall–Kier alpha value is -0.890. The van der Waals surface area contributed by atoms with E-state index in [2.05, 4.69) is 23.3 Å². The van der Waals surface area contributed by atoms with Gasteiger partial charge in [-0.05, 0) is 30.9 Å². The topological polar surface area (TPSA) is 24.9 Å². The SMILES string of the molecule is CC(CC1CCCC1)NCc1cccnc1. The lowest BCUT2D eigenvalue weighted by molar-refractivity contribution is 0.404. The molecule has 16 heavy (non-hydrogen) atoms. The van der Waals surface area contributed by atoms with Crippen molar-refractivity contribution in [1.82, 2.24) is 10.3 Å². The van der Waals surface area contributed by atoms with Crippen LogP contribution < -0.4 is 5.32 Å². The molecule has 1 aromatic heterocycles. The summed E-state index contributed by atoms with van der Waals surface area (Å²) >= 11 is 0. The van der Waals surface area contributed by atoms with Crippen LogP contribution in [0.4, 0.5) is 0 Å². The molecule has 1 saturated carbocycles. The van der Waals surface area contributed by atoms with Gasteiger partial charge in [-0.3, -0.25) is 4.98 Å². The maximum Gasteiger partial charge on any atom is 0.0312 e. The first-order chi connectivity index (χ1) is 7.84. The van der Waals surface area contributed by atoms with Gasteiger partial charge in [0.05, 0.1) is 0 Å². The van der Waals surface area contributed by atoms with Crippen LogP contribution in [-0.2, 0) is 6.54 Å². The zero-order valence-corrected chi connectivity index (χ0v) is 10.2. The van der Waals surface area contributed by atoms with Crippen LogP contribution in [-0.4, -0.2) is 11.0 Å². The van der Waals surface area contributed by atoms with Crippen LogP contribution in [0.3, 0.4) is 0 Å². The molecule has 2 nitrogen and oxygen atoms in total. The monoisotopic (exact) mass is 218 g/mol. The van der Waals surface area contributed by atoms with Crippen molar-refractivity contribution in [1.29, 1.82) is 0 Å². The zero-order chi connectivity index (χ0) is 11.2. The van der Waals surface area contributed by atoms with Gasteiger partial charge in [-0.1, -0.05) is 31.7 Å². The molecule has 1 unspecified atom stereocenters. The van der Waals surface area contributed by atoms with Crippen molar-refractivity contribution in [2.75, 3.05) is 0 Å². The molecule has 0 amide bonds. The predicted octanol–water partition coefficient (Wildman–Crippen LogP) is 3.14. The highest BCUT2D eigenvalue weighted by Crippen LogP contribution is 2.28. The maximum atomic E-state index is 4.13. The van der Waals surface area contributed by atoms with Gasteiger partial charge in [0.15, 0.2) is 0 Å². The summed E-state index contributed by atoms with van der Waals surface area (Å²) in [5.74, 6) is 0.969. The van der Waals surface area contributed by atoms with E-state index in [0.29, 0.717) is 6.04 Å². The zero-order valence-electron chi connectivity index (χ0n) is 10.2. The van der Waals surface area contributed by atoms with Gasteiger partial charge in [0.2, 0.25) is 0 Å². The molecule has 0 spiro atoms. The molecule has 1 aliphatic rings. The number of hydrogen-bond acceptors (Lipinski definition) is 2. The van der Waals surface area contributed by atoms with Crippen LogP contribution in [0, 0.1) is 5.92 Å². The van der Waals surface area contributed by atoms with E-state index < -0.39 is 0 Å². The molecule has 2 rings (SSSR count). The van der Waals surface area contributed by atoms with Crippen molar-refractivity contribution < 1.29 is 0 Å². The van der Waals surface area contributed by atoms with Crippen molar-refractivity contribution in [3.63, 3.8) is 0 Å². The third kappa shape index (κ3) is 3.60. The molecular formula is C14H22N2. The third-order valence-corrected chi connectivity index (χ3v) is 3.54. The Bertz CT molecular complexity index is 291. The van der Waals surface area contributed by atoms with Crippen LogP contribution in [0.1, 0.15) is 44.6 Å². The molecule has 0 aromatic carbocycles. The first-order valence-electron chi connectivity index (χ1n) is 6.47. The van der Waals surface area contributed by atoms with Gasteiger partial charge in [-0.2, -0.15) is 0 Å². The minimum atomic E-state index is 0.628. The predicted molar refractivity (Wildman–Crippen MR) is 67.1 cm³/mol. The average molecular weight is 218 g/mol. The van der Waals surface area contributed by atoms with E-state index in [-0.39, 0.29) is 0 Å². The summed E-state index contributed by atoms with van der Waals surface area (Å²) in [7, 11) is 0. The van der Waals surface area contributed by atoms with Crippen LogP contribution in [0.2, 0.25) is 0 Å². The highest BCUT2D eigenvalue weighted by molar-refractivity contribution is 5.07. The van der Waals surface area contributed by atoms with Crippen molar-refractivity contribution in [3.05, 3.63) is 30.1 Å². The van der Waals surface area contributed by atoms with Gasteiger partial charge in [0.25, 0.3) is 0 Å². The van der Waals surface area contributed by atoms with Crippen LogP contribution in [0.25, 0.3) is 0 Å². The standard InChI is InChI=1S/C14H22N2/c1-12(9-13-5-2-3-6-13)16-11-14-7-4-8-15-10-14/h4,7-8,10,12-13,16H,2-3,5-6,9,11H2,1H3. The van der Waals surface area contributed by atoms with E-state index in [9.17, 15) is 0 Å². The summed E-state index contributed by atoms with van der Waals surface area (Å²) in [5.41, 5.74) is 1.28. The lowest BCUT2D eigenvalue weighted by Gasteiger charge is -2.17. The van der Waals surface area contributed by atoms with E-state index >= 15 is 0 Å². The Morgan fingerprint density at radius 1 is 1.44 bits per heavy atom. The fraction of sp³-hybridized carbons (Fsp3) is 0.643. The van der Waals surface area contributed by atoms with Crippen LogP contribution >= 0.6 is 0 Å². The molecule has 1 aromatic rings. The van der Waals surface area contributed by atoms with Gasteiger partial charge in [0.1, 0.15) is 0 Å². The molecule has 0 radical (unpaired) electrons. The largest absolute Gasteiger partial charge is 0.310 e. The van der Waals surface area contributed by atoms with Gasteiger partial charge >= 0.3 is 0 Å². The van der Waals surface area contributed by atoms with Crippen LogP contribution in [0.15, 0.2) is 24.5 Å². The summed E-state index contributed by atoms with van der Waals surface area (Å²) in [5, 5.41) is 3.59. The van der Waals surface area contributed by atoms with Crippen molar-refractivity contribution >= 4 is 0 Å². The normalized spacial score (nSPS) is 18.8. The Morgan fingerprint density at radius 2 is 2.25 bits per heavy atom. The highest BCUT2D eigenvalue weighted by atomic mass is 14.9. The highest BCUT2D eigenvalue weighted by Gasteiger charge is 2.17. The third-order valence-electron chi connectivity index (χ3n) is 3.54. The second-order valence-electron chi connectivity index (χ2n) is 5.03. The molecule has 1 fully saturated rings. The summed E-state index contributed by atoms with van der Waals surface area (Å²) in [6, 6.07) is 4.75. The Morgan fingerprint density at radius 3 is 2.94 bits per heavy atom. The molecular weight excluding hydrogens is 196 g/mol. The number of nitrogens with one attached hydrogen (secondary N) is 1. The first-order valence-corrected chi connectivity index (χ1v) is 6.47. The number of hydrogen-bond donors (Lipinski definition) is 1. The molecule has 1 N–H and O–H groups in total. The lowest BCUT2D eigenvalue weighted by atomic mass is 9.99. The minimum absolute atomic E-state index is 0.628. The molecule has 1 heterocycles. The molecule has 0 bridgehead atoms. The smallest absolute Gasteiger partial charge is 0.0312 e. The summed E-state index contributed by atoms with van der Waals surface area (Å²) in [4.78, 5) is 4.13. The second kappa shape index (κ2) is 6.00. The van der Waals surface area contributed by atoms with Gasteiger partial charge in [-0.15, -0.1) is 0 Å². The number of pyridine rings is 1. The van der Waals surface area contributed by atoms with Crippen molar-refractivity contribution in [3.8, 4) is 0 Å². The molecule has 0 saturated heterocycles. The molecule has 1 atom stereocenters. The van der Waals surface area contributed by atoms with E-state index in [1.807, 2.05) is 18.5 Å². The number of nitrogens with zero attached hydrogens (tertiary/aromatic N) is 1. The number of aromatic nitrogens is 1. The minimum Gasteiger partial charge on any atom is -0.310 e. The lowest BCUT2D eigenvalue weighted by Crippen LogP contribution is -2.27. The summed E-state index contributed by atoms with van der Waals surface area (Å²) < 4.78 is 0. The van der Waals surface area contributed by atoms with E-state index in [4.69, 9.17) is 0 Å². The van der Waals surface area contributed by atoms with Crippen molar-refractivity contribution in [2.24, 2.45) is 5.92 Å². The first kappa shape index (κ1) is 11.6. The second-order valence-corrected chi connectivity index (χ2v) is 5.03. The fourth-order valence-electron chi connectivity index (χ4n) is 2.62. The van der Waals surface area contributed by atoms with Crippen LogP contribution in [0.5, 0.6) is 0 Å². The van der Waals surface area contributed by atoms with Gasteiger partial charge < -0.3 is 5.32 Å². The Labute approximate surface area is 98.5 Å². The summed E-state index contributed by atoms with van der Waals surface area (Å²) in [6.45, 7) is 3.25. The van der Waals surface area contributed by atoms with E-state index in [0.717, 1.165) is 12.5 Å². The molecule has 2 heteroatoms. The van der Waals surface area contributed by atoms with Gasteiger partial charge in [0, 0.05) is 25.0 Å². The fourth-order valence-corrected chi connectivity index (χ4v) is 2.62. The van der Waals surface area contributed by atoms with Gasteiger partial charge in [-0.25, -0.2) is 0 Å². The Kier molecular flexibility index (Phi) is 4.34. The number of rotatable bonds is 5. The summed E-state index contributed by atoms with van der Waals surface area (Å²) in [6.07, 6.45) is 10.9. The Balaban J connectivity index is 1.69. The average Bonchev–Trinajstić information content (AvgIpc) is 2.81. The molecule has 88 valence electrons. The molecule has 1 aliphatic carbocycles. The van der Waals surface area contributed by atoms with E-state index in [1.54, 1.807) is 0 Å². The van der Waals surface area contributed by atoms with E-state index in [1.165, 1.54) is 37.7 Å². The van der Waals surface area contributed by atoms with Crippen molar-refractivity contribution in [2.45, 2.75) is 51.6 Å². The molecule has 0 aliphatic heterocycles. The quantitative estimate of drug-likeness (QED) is 0.821.